The molecular weight excluding hydrogens is 565 g/mol. The first-order valence-corrected chi connectivity index (χ1v) is 14.0. The highest BCUT2D eigenvalue weighted by Gasteiger charge is 2.49. The van der Waals surface area contributed by atoms with Gasteiger partial charge in [-0.15, -0.1) is 23.2 Å². The third-order valence-electron chi connectivity index (χ3n) is 6.90. The summed E-state index contributed by atoms with van der Waals surface area (Å²) in [5.74, 6) is -3.71. The molecule has 220 valence electrons. The maximum Gasteiger partial charge on any atom is 0.245 e. The van der Waals surface area contributed by atoms with Gasteiger partial charge in [0.05, 0.1) is 35.9 Å². The van der Waals surface area contributed by atoms with Crippen molar-refractivity contribution in [2.75, 3.05) is 13.2 Å². The Labute approximate surface area is 242 Å². The minimum Gasteiger partial charge on any atom is -0.394 e. The molecular formula is C26H35Cl2N5O7. The first kappa shape index (κ1) is 31.6. The molecule has 14 heteroatoms. The molecule has 0 unspecified atom stereocenters. The predicted molar refractivity (Wildman–Crippen MR) is 146 cm³/mol. The monoisotopic (exact) mass is 599 g/mol. The lowest BCUT2D eigenvalue weighted by Gasteiger charge is -2.32. The number of aliphatic hydroxyl groups is 2. The van der Waals surface area contributed by atoms with Gasteiger partial charge >= 0.3 is 0 Å². The molecule has 2 saturated heterocycles. The zero-order chi connectivity index (χ0) is 29.6. The number of nitrogens with zero attached hydrogens (tertiary/aromatic N) is 1. The van der Waals surface area contributed by atoms with E-state index in [1.165, 1.54) is 11.8 Å². The van der Waals surface area contributed by atoms with Gasteiger partial charge in [-0.3, -0.25) is 24.0 Å². The summed E-state index contributed by atoms with van der Waals surface area (Å²) in [4.78, 5) is 67.5. The molecule has 3 rings (SSSR count). The molecule has 2 heterocycles. The van der Waals surface area contributed by atoms with Crippen LogP contribution in [0, 0.1) is 0 Å². The predicted octanol–water partition coefficient (Wildman–Crippen LogP) is -0.699. The number of fused-ring (bicyclic) bond motifs is 1. The van der Waals surface area contributed by atoms with Crippen molar-refractivity contribution in [1.29, 1.82) is 0 Å². The number of amides is 5. The maximum absolute atomic E-state index is 13.6. The quantitative estimate of drug-likeness (QED) is 0.242. The van der Waals surface area contributed by atoms with Crippen molar-refractivity contribution >= 4 is 52.7 Å². The van der Waals surface area contributed by atoms with Crippen LogP contribution < -0.4 is 21.3 Å². The molecule has 0 saturated carbocycles. The number of alkyl halides is 2. The number of aliphatic hydroxyl groups excluding tert-OH is 2. The van der Waals surface area contributed by atoms with Crippen LogP contribution in [0.1, 0.15) is 44.7 Å². The van der Waals surface area contributed by atoms with Gasteiger partial charge in [-0.2, -0.15) is 0 Å². The fourth-order valence-electron chi connectivity index (χ4n) is 4.78. The molecule has 0 bridgehead atoms. The molecule has 12 nitrogen and oxygen atoms in total. The molecule has 0 radical (unpaired) electrons. The number of nitrogens with one attached hydrogen (secondary N) is 4. The lowest BCUT2D eigenvalue weighted by Crippen LogP contribution is -2.62. The summed E-state index contributed by atoms with van der Waals surface area (Å²) in [6, 6.07) is 2.42. The smallest absolute Gasteiger partial charge is 0.245 e. The number of halogens is 2. The van der Waals surface area contributed by atoms with Crippen molar-refractivity contribution in [3.63, 3.8) is 0 Å². The van der Waals surface area contributed by atoms with Crippen LogP contribution in [0.5, 0.6) is 0 Å². The SMILES string of the molecule is CCC[C@H]1NC(=O)C[C@H](c2ccccc2)NC(=O)[C@H](CO)NC(=O)[C@H]([C@H](C)O)NC(=O)[C@@H]2[C@H](Cl)[C@H](Cl)CN2C1=O. The summed E-state index contributed by atoms with van der Waals surface area (Å²) >= 11 is 12.8. The van der Waals surface area contributed by atoms with Crippen LogP contribution in [0.25, 0.3) is 0 Å². The largest absolute Gasteiger partial charge is 0.394 e. The Kier molecular flexibility index (Phi) is 11.1. The van der Waals surface area contributed by atoms with E-state index in [2.05, 4.69) is 21.3 Å². The third-order valence-corrected chi connectivity index (χ3v) is 7.98. The lowest BCUT2D eigenvalue weighted by atomic mass is 10.0. The number of benzene rings is 1. The van der Waals surface area contributed by atoms with E-state index < -0.39 is 83.2 Å². The average Bonchev–Trinajstić information content (AvgIpc) is 3.22. The highest BCUT2D eigenvalue weighted by Crippen LogP contribution is 2.29. The fraction of sp³-hybridized carbons (Fsp3) is 0.577. The number of carbonyl (C=O) groups is 5. The summed E-state index contributed by atoms with van der Waals surface area (Å²) < 4.78 is 0. The van der Waals surface area contributed by atoms with Gasteiger partial charge in [0, 0.05) is 6.54 Å². The Balaban J connectivity index is 2.04. The van der Waals surface area contributed by atoms with Crippen molar-refractivity contribution in [3.05, 3.63) is 35.9 Å². The van der Waals surface area contributed by atoms with Crippen LogP contribution in [0.3, 0.4) is 0 Å². The van der Waals surface area contributed by atoms with E-state index >= 15 is 0 Å². The summed E-state index contributed by atoms with van der Waals surface area (Å²) in [6.45, 7) is 2.21. The Morgan fingerprint density at radius 3 is 2.23 bits per heavy atom. The van der Waals surface area contributed by atoms with Gasteiger partial charge in [0.25, 0.3) is 0 Å². The fourth-order valence-corrected chi connectivity index (χ4v) is 5.40. The van der Waals surface area contributed by atoms with Gasteiger partial charge in [0.1, 0.15) is 24.2 Å². The summed E-state index contributed by atoms with van der Waals surface area (Å²) in [5, 5.41) is 28.5. The molecule has 5 amide bonds. The maximum atomic E-state index is 13.6. The lowest BCUT2D eigenvalue weighted by molar-refractivity contribution is -0.143. The third kappa shape index (κ3) is 7.42. The Morgan fingerprint density at radius 2 is 1.62 bits per heavy atom. The van der Waals surface area contributed by atoms with Crippen LogP contribution >= 0.6 is 23.2 Å². The highest BCUT2D eigenvalue weighted by atomic mass is 35.5. The van der Waals surface area contributed by atoms with E-state index in [0.29, 0.717) is 12.0 Å². The Morgan fingerprint density at radius 1 is 0.950 bits per heavy atom. The Bertz CT molecular complexity index is 1090. The van der Waals surface area contributed by atoms with E-state index in [4.69, 9.17) is 23.2 Å². The zero-order valence-electron chi connectivity index (χ0n) is 22.2. The molecule has 8 atom stereocenters. The van der Waals surface area contributed by atoms with Crippen LogP contribution in [0.4, 0.5) is 0 Å². The average molecular weight is 600 g/mol. The molecule has 0 aliphatic carbocycles. The van der Waals surface area contributed by atoms with E-state index in [-0.39, 0.29) is 19.4 Å². The summed E-state index contributed by atoms with van der Waals surface area (Å²) in [7, 11) is 0. The normalized spacial score (nSPS) is 31.5. The van der Waals surface area contributed by atoms with Crippen LogP contribution in [0.15, 0.2) is 30.3 Å². The molecule has 2 aliphatic rings. The van der Waals surface area contributed by atoms with Gasteiger partial charge in [-0.25, -0.2) is 0 Å². The molecule has 40 heavy (non-hydrogen) atoms. The van der Waals surface area contributed by atoms with Gasteiger partial charge in [0.2, 0.25) is 29.5 Å². The zero-order valence-corrected chi connectivity index (χ0v) is 23.7. The van der Waals surface area contributed by atoms with Gasteiger partial charge in [0.15, 0.2) is 0 Å². The number of hydrogen-bond donors (Lipinski definition) is 6. The molecule has 0 spiro atoms. The van der Waals surface area contributed by atoms with Crippen LogP contribution in [0.2, 0.25) is 0 Å². The molecule has 1 aromatic rings. The minimum absolute atomic E-state index is 0.0798. The van der Waals surface area contributed by atoms with Crippen molar-refractivity contribution in [2.24, 2.45) is 0 Å². The van der Waals surface area contributed by atoms with Crippen LogP contribution in [-0.2, 0) is 24.0 Å². The number of carbonyl (C=O) groups excluding carboxylic acids is 5. The number of hydrogen-bond acceptors (Lipinski definition) is 7. The second-order valence-electron chi connectivity index (χ2n) is 9.95. The first-order chi connectivity index (χ1) is 19.0. The standard InChI is InChI=1S/C26H35Cl2N5O7/c1-3-7-16-26(40)33-11-15(27)20(28)22(33)25(39)32-21(13(2)35)24(38)31-18(12-34)23(37)30-17(10-19(36)29-16)14-8-5-4-6-9-14/h4-6,8-9,13,15-18,20-22,34-35H,3,7,10-12H2,1-2H3,(H,29,36)(H,30,37)(H,31,38)(H,32,39)/t13-,15+,16+,17+,18-,20+,21-,22-/m0/s1. The van der Waals surface area contributed by atoms with Gasteiger partial charge in [-0.05, 0) is 18.9 Å². The molecule has 2 fully saturated rings. The van der Waals surface area contributed by atoms with Crippen LogP contribution in [-0.4, -0.2) is 98.8 Å². The second-order valence-corrected chi connectivity index (χ2v) is 11.0. The second kappa shape index (κ2) is 14.1. The molecule has 1 aromatic carbocycles. The van der Waals surface area contributed by atoms with Crippen molar-refractivity contribution < 1.29 is 34.2 Å². The molecule has 0 aromatic heterocycles. The van der Waals surface area contributed by atoms with E-state index in [9.17, 15) is 34.2 Å². The molecule has 6 N–H and O–H groups in total. The van der Waals surface area contributed by atoms with E-state index in [1.54, 1.807) is 30.3 Å². The highest BCUT2D eigenvalue weighted by molar-refractivity contribution is 6.32. The van der Waals surface area contributed by atoms with Crippen molar-refractivity contribution in [2.45, 2.75) is 80.2 Å². The van der Waals surface area contributed by atoms with E-state index in [0.717, 1.165) is 0 Å². The Hall–Kier alpha value is -2.93. The van der Waals surface area contributed by atoms with Crippen molar-refractivity contribution in [1.82, 2.24) is 26.2 Å². The summed E-state index contributed by atoms with van der Waals surface area (Å²) in [5.41, 5.74) is 0.581. The van der Waals surface area contributed by atoms with Gasteiger partial charge in [-0.1, -0.05) is 43.7 Å². The summed E-state index contributed by atoms with van der Waals surface area (Å²) in [6.07, 6.45) is -0.896. The molecule has 2 aliphatic heterocycles. The first-order valence-electron chi connectivity index (χ1n) is 13.1. The minimum atomic E-state index is -1.55. The van der Waals surface area contributed by atoms with E-state index in [1.807, 2.05) is 6.92 Å². The van der Waals surface area contributed by atoms with Gasteiger partial charge < -0.3 is 36.4 Å². The number of rotatable bonds is 5. The van der Waals surface area contributed by atoms with Crippen molar-refractivity contribution in [3.8, 4) is 0 Å². The topological polar surface area (TPSA) is 177 Å².